The third-order valence-corrected chi connectivity index (χ3v) is 3.49. The maximum Gasteiger partial charge on any atom is 0.200 e. The van der Waals surface area contributed by atoms with Crippen LogP contribution in [0.25, 0.3) is 11.3 Å². The molecule has 8 nitrogen and oxygen atoms in total. The summed E-state index contributed by atoms with van der Waals surface area (Å²) >= 11 is 0. The monoisotopic (exact) mass is 306 g/mol. The highest BCUT2D eigenvalue weighted by Crippen LogP contribution is 2.15. The van der Waals surface area contributed by atoms with Gasteiger partial charge in [0.05, 0.1) is 11.4 Å². The van der Waals surface area contributed by atoms with Gasteiger partial charge >= 0.3 is 0 Å². The lowest BCUT2D eigenvalue weighted by atomic mass is 10.2. The van der Waals surface area contributed by atoms with Gasteiger partial charge in [0, 0.05) is 12.7 Å². The first-order valence-corrected chi connectivity index (χ1v) is 7.19. The fourth-order valence-corrected chi connectivity index (χ4v) is 2.36. The predicted molar refractivity (Wildman–Crippen MR) is 84.2 cm³/mol. The molecular weight excluding hydrogens is 292 g/mol. The Morgan fingerprint density at radius 1 is 1.04 bits per heavy atom. The van der Waals surface area contributed by atoms with Gasteiger partial charge in [-0.1, -0.05) is 18.2 Å². The highest BCUT2D eigenvalue weighted by atomic mass is 15.6. The summed E-state index contributed by atoms with van der Waals surface area (Å²) in [5.41, 5.74) is 3.76. The number of benzene rings is 1. The molecule has 23 heavy (non-hydrogen) atoms. The summed E-state index contributed by atoms with van der Waals surface area (Å²) in [7, 11) is 0. The minimum atomic E-state index is 0.614. The highest BCUT2D eigenvalue weighted by molar-refractivity contribution is 5.46. The van der Waals surface area contributed by atoms with Crippen LogP contribution in [0, 0.1) is 6.92 Å². The Morgan fingerprint density at radius 3 is 2.83 bits per heavy atom. The first-order chi connectivity index (χ1) is 11.3. The summed E-state index contributed by atoms with van der Waals surface area (Å²) in [5.74, 6) is 0.705. The summed E-state index contributed by atoms with van der Waals surface area (Å²) < 4.78 is 3.27. The normalized spacial score (nSPS) is 11.0. The van der Waals surface area contributed by atoms with E-state index < -0.39 is 0 Å². The second-order valence-corrected chi connectivity index (χ2v) is 5.13. The SMILES string of the molecule is Cc1ccn(-c2ccccc2CNc2ccc3nnnn3n2)n1. The summed E-state index contributed by atoms with van der Waals surface area (Å²) in [4.78, 5) is 0. The topological polar surface area (TPSA) is 85.8 Å². The van der Waals surface area contributed by atoms with E-state index in [4.69, 9.17) is 0 Å². The van der Waals surface area contributed by atoms with E-state index in [0.717, 1.165) is 16.9 Å². The molecule has 0 radical (unpaired) electrons. The van der Waals surface area contributed by atoms with Crippen LogP contribution >= 0.6 is 0 Å². The molecule has 0 aliphatic carbocycles. The van der Waals surface area contributed by atoms with Crippen LogP contribution < -0.4 is 5.32 Å². The fourth-order valence-electron chi connectivity index (χ4n) is 2.36. The molecule has 0 amide bonds. The van der Waals surface area contributed by atoms with E-state index >= 15 is 0 Å². The lowest BCUT2D eigenvalue weighted by Crippen LogP contribution is -2.08. The number of hydrogen-bond donors (Lipinski definition) is 1. The molecule has 0 saturated carbocycles. The van der Waals surface area contributed by atoms with Gasteiger partial charge in [0.15, 0.2) is 5.65 Å². The van der Waals surface area contributed by atoms with Crippen LogP contribution in [0.4, 0.5) is 5.82 Å². The second kappa shape index (κ2) is 5.48. The molecule has 0 spiro atoms. The molecule has 1 aromatic carbocycles. The van der Waals surface area contributed by atoms with Gasteiger partial charge in [-0.15, -0.1) is 14.8 Å². The molecule has 0 atom stereocenters. The van der Waals surface area contributed by atoms with E-state index in [1.165, 1.54) is 4.63 Å². The van der Waals surface area contributed by atoms with Crippen LogP contribution in [0.15, 0.2) is 48.7 Å². The fraction of sp³-hybridized carbons (Fsp3) is 0.133. The van der Waals surface area contributed by atoms with E-state index in [-0.39, 0.29) is 0 Å². The van der Waals surface area contributed by atoms with Crippen LogP contribution in [-0.2, 0) is 6.54 Å². The van der Waals surface area contributed by atoms with Crippen LogP contribution in [0.3, 0.4) is 0 Å². The Hall–Kier alpha value is -3.29. The molecule has 0 unspecified atom stereocenters. The largest absolute Gasteiger partial charge is 0.364 e. The molecule has 3 heterocycles. The summed E-state index contributed by atoms with van der Waals surface area (Å²) in [5, 5.41) is 23.3. The number of anilines is 1. The lowest BCUT2D eigenvalue weighted by molar-refractivity contribution is 0.733. The molecule has 3 aromatic heterocycles. The van der Waals surface area contributed by atoms with Crippen molar-refractivity contribution in [2.45, 2.75) is 13.5 Å². The highest BCUT2D eigenvalue weighted by Gasteiger charge is 2.06. The van der Waals surface area contributed by atoms with E-state index in [2.05, 4.69) is 37.1 Å². The molecule has 114 valence electrons. The van der Waals surface area contributed by atoms with Crippen molar-refractivity contribution in [1.82, 2.24) is 35.0 Å². The Balaban J connectivity index is 1.59. The number of nitrogens with one attached hydrogen (secondary N) is 1. The molecule has 0 bridgehead atoms. The third-order valence-electron chi connectivity index (χ3n) is 3.49. The van der Waals surface area contributed by atoms with E-state index in [9.17, 15) is 0 Å². The molecule has 8 heteroatoms. The number of aryl methyl sites for hydroxylation is 1. The standard InChI is InChI=1S/C15H14N8/c1-11-8-9-22(18-11)13-5-3-2-4-12(13)10-16-14-6-7-15-17-20-21-23(15)19-14/h2-9H,10H2,1H3,(H,16,19). The van der Waals surface area contributed by atoms with E-state index in [0.29, 0.717) is 18.0 Å². The quantitative estimate of drug-likeness (QED) is 0.616. The van der Waals surface area contributed by atoms with Crippen molar-refractivity contribution in [3.8, 4) is 5.69 Å². The van der Waals surface area contributed by atoms with Gasteiger partial charge in [-0.2, -0.15) is 5.10 Å². The number of para-hydroxylation sites is 1. The summed E-state index contributed by atoms with van der Waals surface area (Å²) in [6.45, 7) is 2.60. The zero-order chi connectivity index (χ0) is 15.6. The van der Waals surface area contributed by atoms with Crippen molar-refractivity contribution in [2.24, 2.45) is 0 Å². The maximum absolute atomic E-state index is 4.47. The van der Waals surface area contributed by atoms with Crippen LogP contribution in [0.2, 0.25) is 0 Å². The van der Waals surface area contributed by atoms with E-state index in [1.807, 2.05) is 54.2 Å². The molecule has 0 saturated heterocycles. The van der Waals surface area contributed by atoms with Gasteiger partial charge in [-0.25, -0.2) is 4.68 Å². The molecule has 4 aromatic rings. The predicted octanol–water partition coefficient (Wildman–Crippen LogP) is 1.63. The van der Waals surface area contributed by atoms with Crippen molar-refractivity contribution in [3.63, 3.8) is 0 Å². The number of fused-ring (bicyclic) bond motifs is 1. The zero-order valence-corrected chi connectivity index (χ0v) is 12.5. The molecule has 0 aliphatic rings. The minimum absolute atomic E-state index is 0.614. The van der Waals surface area contributed by atoms with Crippen molar-refractivity contribution >= 4 is 11.5 Å². The van der Waals surface area contributed by atoms with Gasteiger partial charge in [0.25, 0.3) is 0 Å². The number of hydrogen-bond acceptors (Lipinski definition) is 6. The first kappa shape index (κ1) is 13.4. The Morgan fingerprint density at radius 2 is 1.96 bits per heavy atom. The van der Waals surface area contributed by atoms with Crippen LogP contribution in [0.5, 0.6) is 0 Å². The molecule has 4 rings (SSSR count). The smallest absolute Gasteiger partial charge is 0.200 e. The lowest BCUT2D eigenvalue weighted by Gasteiger charge is -2.11. The second-order valence-electron chi connectivity index (χ2n) is 5.13. The number of nitrogens with zero attached hydrogens (tertiary/aromatic N) is 7. The summed E-state index contributed by atoms with van der Waals surface area (Å²) in [6.07, 6.45) is 1.96. The maximum atomic E-state index is 4.47. The van der Waals surface area contributed by atoms with Crippen LogP contribution in [-0.4, -0.2) is 35.0 Å². The average molecular weight is 306 g/mol. The van der Waals surface area contributed by atoms with Crippen molar-refractivity contribution in [1.29, 1.82) is 0 Å². The average Bonchev–Trinajstić information content (AvgIpc) is 3.21. The van der Waals surface area contributed by atoms with Crippen LogP contribution in [0.1, 0.15) is 11.3 Å². The van der Waals surface area contributed by atoms with Gasteiger partial charge in [0.1, 0.15) is 5.82 Å². The van der Waals surface area contributed by atoms with E-state index in [1.54, 1.807) is 0 Å². The third kappa shape index (κ3) is 2.61. The van der Waals surface area contributed by atoms with Crippen molar-refractivity contribution in [2.75, 3.05) is 5.32 Å². The van der Waals surface area contributed by atoms with Gasteiger partial charge in [0.2, 0.25) is 0 Å². The van der Waals surface area contributed by atoms with Gasteiger partial charge < -0.3 is 5.32 Å². The van der Waals surface area contributed by atoms with Gasteiger partial charge in [-0.05, 0) is 47.2 Å². The van der Waals surface area contributed by atoms with Crippen molar-refractivity contribution in [3.05, 3.63) is 59.9 Å². The molecule has 0 aliphatic heterocycles. The van der Waals surface area contributed by atoms with Crippen molar-refractivity contribution < 1.29 is 0 Å². The Bertz CT molecular complexity index is 955. The first-order valence-electron chi connectivity index (χ1n) is 7.19. The Labute approximate surface area is 131 Å². The number of rotatable bonds is 4. The number of tetrazole rings is 1. The molecule has 0 fully saturated rings. The number of aromatic nitrogens is 7. The minimum Gasteiger partial charge on any atom is -0.364 e. The summed E-state index contributed by atoms with van der Waals surface area (Å²) in [6, 6.07) is 13.8. The molecular formula is C15H14N8. The molecule has 1 N–H and O–H groups in total. The van der Waals surface area contributed by atoms with Gasteiger partial charge in [-0.3, -0.25) is 0 Å². The Kier molecular flexibility index (Phi) is 3.19. The zero-order valence-electron chi connectivity index (χ0n) is 12.5.